The fourth-order valence-corrected chi connectivity index (χ4v) is 3.43. The molecule has 3 aromatic rings. The fraction of sp³-hybridized carbons (Fsp3) is 0.0588. The molecule has 3 rings (SSSR count). The van der Waals surface area contributed by atoms with E-state index in [-0.39, 0.29) is 4.90 Å². The molecular formula is C17H12F3NO3S. The van der Waals surface area contributed by atoms with E-state index in [1.807, 2.05) is 4.72 Å². The van der Waals surface area contributed by atoms with Gasteiger partial charge in [-0.3, -0.25) is 4.72 Å². The van der Waals surface area contributed by atoms with Crippen LogP contribution in [0.25, 0.3) is 10.8 Å². The van der Waals surface area contributed by atoms with Crippen molar-refractivity contribution in [3.63, 3.8) is 0 Å². The number of anilines is 1. The van der Waals surface area contributed by atoms with E-state index in [1.165, 1.54) is 12.1 Å². The second-order valence-corrected chi connectivity index (χ2v) is 7.03. The predicted molar refractivity (Wildman–Crippen MR) is 87.9 cm³/mol. The van der Waals surface area contributed by atoms with Gasteiger partial charge in [0.15, 0.2) is 0 Å². The van der Waals surface area contributed by atoms with Gasteiger partial charge in [-0.1, -0.05) is 30.3 Å². The molecule has 0 radical (unpaired) electrons. The molecular weight excluding hydrogens is 355 g/mol. The fourth-order valence-electron chi connectivity index (χ4n) is 2.33. The first kappa shape index (κ1) is 17.1. The Bertz CT molecular complexity index is 1050. The molecule has 0 saturated heterocycles. The van der Waals surface area contributed by atoms with E-state index in [1.54, 1.807) is 30.3 Å². The third kappa shape index (κ3) is 3.53. The van der Waals surface area contributed by atoms with Gasteiger partial charge >= 0.3 is 6.18 Å². The van der Waals surface area contributed by atoms with E-state index in [4.69, 9.17) is 0 Å². The third-order valence-electron chi connectivity index (χ3n) is 3.60. The maximum atomic E-state index is 12.8. The first-order chi connectivity index (χ1) is 11.7. The lowest BCUT2D eigenvalue weighted by Gasteiger charge is -2.13. The van der Waals surface area contributed by atoms with Crippen LogP contribution in [0, 0.1) is 0 Å². The van der Waals surface area contributed by atoms with Gasteiger partial charge in [0.1, 0.15) is 5.75 Å². The quantitative estimate of drug-likeness (QED) is 0.676. The lowest BCUT2D eigenvalue weighted by molar-refractivity contribution is -0.137. The van der Waals surface area contributed by atoms with Crippen molar-refractivity contribution < 1.29 is 26.7 Å². The molecule has 0 heterocycles. The third-order valence-corrected chi connectivity index (χ3v) is 4.96. The minimum Gasteiger partial charge on any atom is -0.506 e. The summed E-state index contributed by atoms with van der Waals surface area (Å²) >= 11 is 0. The normalized spacial score (nSPS) is 12.3. The van der Waals surface area contributed by atoms with E-state index in [0.29, 0.717) is 17.5 Å². The van der Waals surface area contributed by atoms with Crippen LogP contribution in [0.1, 0.15) is 5.56 Å². The van der Waals surface area contributed by atoms with Crippen LogP contribution in [0.4, 0.5) is 18.9 Å². The van der Waals surface area contributed by atoms with E-state index in [9.17, 15) is 26.7 Å². The Labute approximate surface area is 141 Å². The van der Waals surface area contributed by atoms with Crippen LogP contribution in [0.2, 0.25) is 0 Å². The van der Waals surface area contributed by atoms with Gasteiger partial charge in [0.2, 0.25) is 0 Å². The number of phenolic OH excluding ortho intramolecular Hbond substituents is 1. The van der Waals surface area contributed by atoms with E-state index in [0.717, 1.165) is 11.5 Å². The number of hydrogen-bond acceptors (Lipinski definition) is 3. The number of aromatic hydroxyl groups is 1. The van der Waals surface area contributed by atoms with Crippen molar-refractivity contribution in [2.24, 2.45) is 0 Å². The zero-order valence-corrected chi connectivity index (χ0v) is 13.4. The molecule has 0 saturated carbocycles. The zero-order valence-electron chi connectivity index (χ0n) is 12.6. The molecule has 0 unspecified atom stereocenters. The monoisotopic (exact) mass is 367 g/mol. The number of phenols is 1. The number of nitrogens with one attached hydrogen (secondary N) is 1. The predicted octanol–water partition coefficient (Wildman–Crippen LogP) is 4.37. The van der Waals surface area contributed by atoms with Gasteiger partial charge < -0.3 is 5.11 Å². The summed E-state index contributed by atoms with van der Waals surface area (Å²) in [6, 6.07) is 13.4. The number of alkyl halides is 3. The van der Waals surface area contributed by atoms with E-state index in [2.05, 4.69) is 0 Å². The first-order valence-corrected chi connectivity index (χ1v) is 8.57. The molecule has 0 atom stereocenters. The van der Waals surface area contributed by atoms with Crippen LogP contribution in [0.3, 0.4) is 0 Å². The standard InChI is InChI=1S/C17H12F3NO3S/c18-17(19,20)13-6-8-16(22)15(10-13)21-25(23,24)14-7-5-11-3-1-2-4-12(11)9-14/h1-10,21-22H. The molecule has 25 heavy (non-hydrogen) atoms. The summed E-state index contributed by atoms with van der Waals surface area (Å²) in [7, 11) is -4.17. The molecule has 130 valence electrons. The Balaban J connectivity index is 2.00. The molecule has 4 nitrogen and oxygen atoms in total. The van der Waals surface area contributed by atoms with Crippen LogP contribution in [0.15, 0.2) is 65.6 Å². The molecule has 0 amide bonds. The highest BCUT2D eigenvalue weighted by Gasteiger charge is 2.31. The maximum absolute atomic E-state index is 12.8. The molecule has 0 aliphatic heterocycles. The van der Waals surface area contributed by atoms with Gasteiger partial charge in [-0.15, -0.1) is 0 Å². The number of halogens is 3. The molecule has 8 heteroatoms. The summed E-state index contributed by atoms with van der Waals surface area (Å²) in [6.07, 6.45) is -4.66. The molecule has 0 aliphatic carbocycles. The second-order valence-electron chi connectivity index (χ2n) is 5.34. The van der Waals surface area contributed by atoms with Gasteiger partial charge in [0, 0.05) is 0 Å². The highest BCUT2D eigenvalue weighted by molar-refractivity contribution is 7.92. The molecule has 0 aliphatic rings. The smallest absolute Gasteiger partial charge is 0.416 e. The highest BCUT2D eigenvalue weighted by Crippen LogP contribution is 2.35. The van der Waals surface area contributed by atoms with Gasteiger partial charge in [-0.05, 0) is 41.1 Å². The average Bonchev–Trinajstić information content (AvgIpc) is 2.55. The van der Waals surface area contributed by atoms with Crippen molar-refractivity contribution in [2.75, 3.05) is 4.72 Å². The maximum Gasteiger partial charge on any atom is 0.416 e. The summed E-state index contributed by atoms with van der Waals surface area (Å²) in [5.74, 6) is -0.600. The summed E-state index contributed by atoms with van der Waals surface area (Å²) in [5, 5.41) is 11.2. The second kappa shape index (κ2) is 5.96. The number of benzene rings is 3. The van der Waals surface area contributed by atoms with Crippen molar-refractivity contribution >= 4 is 26.5 Å². The number of fused-ring (bicyclic) bond motifs is 1. The Morgan fingerprint density at radius 1 is 0.880 bits per heavy atom. The van der Waals surface area contributed by atoms with Crippen molar-refractivity contribution in [2.45, 2.75) is 11.1 Å². The molecule has 0 spiro atoms. The lowest BCUT2D eigenvalue weighted by atomic mass is 10.1. The summed E-state index contributed by atoms with van der Waals surface area (Å²) in [6.45, 7) is 0. The minimum absolute atomic E-state index is 0.122. The zero-order chi connectivity index (χ0) is 18.2. The van der Waals surface area contributed by atoms with Crippen LogP contribution in [-0.2, 0) is 16.2 Å². The minimum atomic E-state index is -4.66. The SMILES string of the molecule is O=S(=O)(Nc1cc(C(F)(F)F)ccc1O)c1ccc2ccccc2c1. The summed E-state index contributed by atoms with van der Waals surface area (Å²) in [5.41, 5.74) is -1.61. The average molecular weight is 367 g/mol. The van der Waals surface area contributed by atoms with Crippen molar-refractivity contribution in [1.29, 1.82) is 0 Å². The highest BCUT2D eigenvalue weighted by atomic mass is 32.2. The van der Waals surface area contributed by atoms with Crippen molar-refractivity contribution in [1.82, 2.24) is 0 Å². The van der Waals surface area contributed by atoms with E-state index >= 15 is 0 Å². The van der Waals surface area contributed by atoms with Crippen LogP contribution >= 0.6 is 0 Å². The topological polar surface area (TPSA) is 66.4 Å². The Kier molecular flexibility index (Phi) is 4.08. The summed E-state index contributed by atoms with van der Waals surface area (Å²) in [4.78, 5) is -0.122. The van der Waals surface area contributed by atoms with Gasteiger partial charge in [0.25, 0.3) is 10.0 Å². The van der Waals surface area contributed by atoms with Crippen LogP contribution in [0.5, 0.6) is 5.75 Å². The Morgan fingerprint density at radius 3 is 2.24 bits per heavy atom. The number of hydrogen-bond donors (Lipinski definition) is 2. The van der Waals surface area contributed by atoms with Gasteiger partial charge in [-0.2, -0.15) is 13.2 Å². The molecule has 3 aromatic carbocycles. The summed E-state index contributed by atoms with van der Waals surface area (Å²) < 4.78 is 65.2. The lowest BCUT2D eigenvalue weighted by Crippen LogP contribution is -2.14. The Morgan fingerprint density at radius 2 is 1.56 bits per heavy atom. The van der Waals surface area contributed by atoms with Gasteiger partial charge in [0.05, 0.1) is 16.1 Å². The number of rotatable bonds is 3. The van der Waals surface area contributed by atoms with Crippen LogP contribution in [-0.4, -0.2) is 13.5 Å². The van der Waals surface area contributed by atoms with Crippen molar-refractivity contribution in [3.05, 3.63) is 66.2 Å². The van der Waals surface area contributed by atoms with E-state index < -0.39 is 33.2 Å². The molecule has 0 bridgehead atoms. The number of sulfonamides is 1. The molecule has 0 fully saturated rings. The van der Waals surface area contributed by atoms with Crippen LogP contribution < -0.4 is 4.72 Å². The largest absolute Gasteiger partial charge is 0.506 e. The first-order valence-electron chi connectivity index (χ1n) is 7.09. The van der Waals surface area contributed by atoms with Gasteiger partial charge in [-0.25, -0.2) is 8.42 Å². The molecule has 2 N–H and O–H groups in total. The van der Waals surface area contributed by atoms with Crippen molar-refractivity contribution in [3.8, 4) is 5.75 Å². The Hall–Kier alpha value is -2.74. The molecule has 0 aromatic heterocycles.